The first-order valence-corrected chi connectivity index (χ1v) is 10.6. The summed E-state index contributed by atoms with van der Waals surface area (Å²) in [5, 5.41) is 0. The second kappa shape index (κ2) is 8.08. The minimum atomic E-state index is -3.48. The summed E-state index contributed by atoms with van der Waals surface area (Å²) in [5.74, 6) is 1.40. The predicted molar refractivity (Wildman–Crippen MR) is 110 cm³/mol. The molecule has 142 valence electrons. The SMILES string of the molecule is CCCS(=O)(=O)[N+]1(c2cccc(Oc3ccccc3)c2)C=C(CN)C=CC1. The molecule has 0 spiro atoms. The summed E-state index contributed by atoms with van der Waals surface area (Å²) in [5.41, 5.74) is 7.25. The molecule has 1 heterocycles. The highest BCUT2D eigenvalue weighted by molar-refractivity contribution is 7.91. The van der Waals surface area contributed by atoms with Gasteiger partial charge in [-0.05, 0) is 30.7 Å². The van der Waals surface area contributed by atoms with Crippen molar-refractivity contribution in [2.45, 2.75) is 13.3 Å². The molecule has 1 unspecified atom stereocenters. The molecule has 6 heteroatoms. The third-order valence-electron chi connectivity index (χ3n) is 4.51. The van der Waals surface area contributed by atoms with Crippen molar-refractivity contribution in [1.29, 1.82) is 0 Å². The first-order chi connectivity index (χ1) is 13.0. The van der Waals surface area contributed by atoms with E-state index in [-0.39, 0.29) is 9.64 Å². The number of para-hydroxylation sites is 1. The number of hydrogen-bond acceptors (Lipinski definition) is 4. The standard InChI is InChI=1S/C21H25N2O3S/c1-2-14-27(24,25)23(13-7-8-18(16-22)17-23)19-9-6-12-21(15-19)26-20-10-4-3-5-11-20/h3-12,15,17H,2,13-14,16,22H2,1H3/q+1. The molecule has 1 aliphatic rings. The summed E-state index contributed by atoms with van der Waals surface area (Å²) in [6.45, 7) is 2.50. The van der Waals surface area contributed by atoms with Gasteiger partial charge in [0, 0.05) is 24.3 Å². The smallest absolute Gasteiger partial charge is 0.306 e. The van der Waals surface area contributed by atoms with E-state index in [0.717, 1.165) is 5.57 Å². The van der Waals surface area contributed by atoms with Crippen LogP contribution in [0.2, 0.25) is 0 Å². The van der Waals surface area contributed by atoms with Crippen molar-refractivity contribution in [2.24, 2.45) is 5.73 Å². The number of benzene rings is 2. The molecule has 1 atom stereocenters. The Labute approximate surface area is 161 Å². The Kier molecular flexibility index (Phi) is 5.79. The van der Waals surface area contributed by atoms with E-state index in [2.05, 4.69) is 0 Å². The van der Waals surface area contributed by atoms with Crippen LogP contribution < -0.4 is 14.4 Å². The lowest BCUT2D eigenvalue weighted by Crippen LogP contribution is -2.52. The maximum Gasteiger partial charge on any atom is 0.306 e. The molecule has 0 radical (unpaired) electrons. The van der Waals surface area contributed by atoms with Crippen molar-refractivity contribution in [2.75, 3.05) is 18.8 Å². The summed E-state index contributed by atoms with van der Waals surface area (Å²) in [6, 6.07) is 16.7. The van der Waals surface area contributed by atoms with Gasteiger partial charge >= 0.3 is 10.0 Å². The number of rotatable bonds is 7. The second-order valence-corrected chi connectivity index (χ2v) is 8.71. The predicted octanol–water partition coefficient (Wildman–Crippen LogP) is 3.94. The molecule has 2 aromatic rings. The molecule has 0 amide bonds. The average Bonchev–Trinajstić information content (AvgIpc) is 2.69. The molecule has 2 N–H and O–H groups in total. The van der Waals surface area contributed by atoms with Gasteiger partial charge in [0.1, 0.15) is 30.0 Å². The average molecular weight is 386 g/mol. The molecular weight excluding hydrogens is 360 g/mol. The zero-order valence-electron chi connectivity index (χ0n) is 15.4. The molecular formula is C21H25N2O3S+. The van der Waals surface area contributed by atoms with Crippen molar-refractivity contribution >= 4 is 15.7 Å². The van der Waals surface area contributed by atoms with Crippen LogP contribution in [0.1, 0.15) is 13.3 Å². The van der Waals surface area contributed by atoms with Gasteiger partial charge in [-0.3, -0.25) is 0 Å². The van der Waals surface area contributed by atoms with Crippen LogP contribution >= 0.6 is 0 Å². The highest BCUT2D eigenvalue weighted by Gasteiger charge is 2.43. The van der Waals surface area contributed by atoms with E-state index in [4.69, 9.17) is 10.5 Å². The monoisotopic (exact) mass is 385 g/mol. The normalized spacial score (nSPS) is 19.6. The van der Waals surface area contributed by atoms with Gasteiger partial charge in [0.25, 0.3) is 0 Å². The molecule has 0 aliphatic carbocycles. The fourth-order valence-electron chi connectivity index (χ4n) is 3.21. The van der Waals surface area contributed by atoms with Gasteiger partial charge in [0.15, 0.2) is 5.69 Å². The maximum absolute atomic E-state index is 13.3. The molecule has 0 aromatic heterocycles. The summed E-state index contributed by atoms with van der Waals surface area (Å²) < 4.78 is 32.1. The molecule has 0 bridgehead atoms. The number of nitrogens with two attached hydrogens (primary N) is 1. The number of ether oxygens (including phenoxy) is 1. The van der Waals surface area contributed by atoms with Gasteiger partial charge in [-0.25, -0.2) is 0 Å². The van der Waals surface area contributed by atoms with E-state index in [1.54, 1.807) is 12.3 Å². The van der Waals surface area contributed by atoms with Crippen LogP contribution in [0.3, 0.4) is 0 Å². The van der Waals surface area contributed by atoms with Crippen LogP contribution in [0, 0.1) is 0 Å². The largest absolute Gasteiger partial charge is 0.457 e. The maximum atomic E-state index is 13.3. The molecule has 1 aliphatic heterocycles. The molecule has 2 aromatic carbocycles. The van der Waals surface area contributed by atoms with Gasteiger partial charge in [0.05, 0.1) is 0 Å². The minimum absolute atomic E-state index is 0.0962. The van der Waals surface area contributed by atoms with Gasteiger partial charge in [-0.2, -0.15) is 12.3 Å². The highest BCUT2D eigenvalue weighted by atomic mass is 32.2. The number of hydrogen-bond donors (Lipinski definition) is 1. The van der Waals surface area contributed by atoms with Crippen molar-refractivity contribution < 1.29 is 13.2 Å². The first-order valence-electron chi connectivity index (χ1n) is 9.03. The quantitative estimate of drug-likeness (QED) is 0.733. The van der Waals surface area contributed by atoms with Crippen molar-refractivity contribution in [3.8, 4) is 11.5 Å². The van der Waals surface area contributed by atoms with Crippen molar-refractivity contribution in [3.05, 3.63) is 78.5 Å². The van der Waals surface area contributed by atoms with E-state index in [0.29, 0.717) is 36.7 Å². The van der Waals surface area contributed by atoms with Gasteiger partial charge in [-0.15, -0.1) is 0 Å². The van der Waals surface area contributed by atoms with Crippen LogP contribution in [-0.4, -0.2) is 27.3 Å². The fourth-order valence-corrected chi connectivity index (χ4v) is 5.09. The van der Waals surface area contributed by atoms with Crippen LogP contribution in [-0.2, 0) is 10.0 Å². The summed E-state index contributed by atoms with van der Waals surface area (Å²) >= 11 is 0. The molecule has 27 heavy (non-hydrogen) atoms. The number of quaternary nitrogens is 1. The topological polar surface area (TPSA) is 69.4 Å². The minimum Gasteiger partial charge on any atom is -0.457 e. The molecule has 3 rings (SSSR count). The van der Waals surface area contributed by atoms with Crippen molar-refractivity contribution in [3.63, 3.8) is 0 Å². The number of sulfonamides is 1. The lowest BCUT2D eigenvalue weighted by Gasteiger charge is -2.34. The Hall–Kier alpha value is -2.41. The van der Waals surface area contributed by atoms with Gasteiger partial charge in [0.2, 0.25) is 0 Å². The third-order valence-corrected chi connectivity index (χ3v) is 6.89. The second-order valence-electron chi connectivity index (χ2n) is 6.49. The lowest BCUT2D eigenvalue weighted by atomic mass is 10.2. The summed E-state index contributed by atoms with van der Waals surface area (Å²) in [6.07, 6.45) is 6.08. The molecule has 5 nitrogen and oxygen atoms in total. The zero-order valence-corrected chi connectivity index (χ0v) is 16.2. The summed E-state index contributed by atoms with van der Waals surface area (Å²) in [4.78, 5) is 0. The van der Waals surface area contributed by atoms with E-state index >= 15 is 0 Å². The van der Waals surface area contributed by atoms with Crippen molar-refractivity contribution in [1.82, 2.24) is 3.89 Å². The van der Waals surface area contributed by atoms with Crippen LogP contribution in [0.5, 0.6) is 11.5 Å². The molecule has 0 saturated heterocycles. The Balaban J connectivity index is 2.07. The van der Waals surface area contributed by atoms with E-state index in [9.17, 15) is 8.42 Å². The Morgan fingerprint density at radius 3 is 2.52 bits per heavy atom. The van der Waals surface area contributed by atoms with E-state index in [1.165, 1.54) is 0 Å². The van der Waals surface area contributed by atoms with Gasteiger partial charge < -0.3 is 10.5 Å². The van der Waals surface area contributed by atoms with E-state index < -0.39 is 10.0 Å². The fraction of sp³-hybridized carbons (Fsp3) is 0.238. The highest BCUT2D eigenvalue weighted by Crippen LogP contribution is 2.36. The van der Waals surface area contributed by atoms with Crippen LogP contribution in [0.25, 0.3) is 0 Å². The Morgan fingerprint density at radius 1 is 1.07 bits per heavy atom. The first kappa shape index (κ1) is 19.4. The Morgan fingerprint density at radius 2 is 1.81 bits per heavy atom. The van der Waals surface area contributed by atoms with Gasteiger partial charge in [-0.1, -0.05) is 37.3 Å². The van der Waals surface area contributed by atoms with Crippen LogP contribution in [0.4, 0.5) is 5.69 Å². The molecule has 0 fully saturated rings. The third kappa shape index (κ3) is 3.98. The van der Waals surface area contributed by atoms with E-state index in [1.807, 2.05) is 67.6 Å². The lowest BCUT2D eigenvalue weighted by molar-refractivity contribution is 0.478. The number of nitrogens with zero attached hydrogens (tertiary/aromatic N) is 1. The summed E-state index contributed by atoms with van der Waals surface area (Å²) in [7, 11) is -3.48. The molecule has 0 saturated carbocycles. The van der Waals surface area contributed by atoms with Crippen LogP contribution in [0.15, 0.2) is 78.5 Å². The Bertz CT molecular complexity index is 952. The zero-order chi connectivity index (χ0) is 19.3.